The summed E-state index contributed by atoms with van der Waals surface area (Å²) in [4.78, 5) is 38.9. The summed E-state index contributed by atoms with van der Waals surface area (Å²) in [5, 5.41) is 5.74. The molecule has 2 aliphatic heterocycles. The van der Waals surface area contributed by atoms with E-state index in [0.29, 0.717) is 17.2 Å². The molecule has 1 aliphatic carbocycles. The van der Waals surface area contributed by atoms with Gasteiger partial charge in [0.05, 0.1) is 5.92 Å². The summed E-state index contributed by atoms with van der Waals surface area (Å²) >= 11 is 0. The Balaban J connectivity index is 1.34. The van der Waals surface area contributed by atoms with Crippen molar-refractivity contribution in [3.8, 4) is 11.5 Å². The fraction of sp³-hybridized carbons (Fsp3) is 0.550. The molecule has 1 saturated carbocycles. The highest BCUT2D eigenvalue weighted by Crippen LogP contribution is 2.37. The third-order valence-corrected chi connectivity index (χ3v) is 5.62. The Labute approximate surface area is 163 Å². The molecule has 0 bridgehead atoms. The largest absolute Gasteiger partial charge is 0.454 e. The highest BCUT2D eigenvalue weighted by molar-refractivity contribution is 6.01. The van der Waals surface area contributed by atoms with Crippen molar-refractivity contribution in [2.45, 2.75) is 51.1 Å². The number of hydrogen-bond donors (Lipinski definition) is 2. The molecule has 8 heteroatoms. The molecule has 2 N–H and O–H groups in total. The van der Waals surface area contributed by atoms with Gasteiger partial charge in [-0.1, -0.05) is 12.8 Å². The van der Waals surface area contributed by atoms with E-state index < -0.39 is 12.0 Å². The van der Waals surface area contributed by atoms with E-state index in [9.17, 15) is 14.4 Å². The van der Waals surface area contributed by atoms with Crippen LogP contribution in [0.1, 0.15) is 39.0 Å². The van der Waals surface area contributed by atoms with E-state index in [1.165, 1.54) is 0 Å². The Hall–Kier alpha value is -2.77. The van der Waals surface area contributed by atoms with Gasteiger partial charge >= 0.3 is 0 Å². The first-order valence-electron chi connectivity index (χ1n) is 9.82. The van der Waals surface area contributed by atoms with Crippen molar-refractivity contribution in [1.29, 1.82) is 0 Å². The molecule has 4 rings (SSSR count). The van der Waals surface area contributed by atoms with Crippen LogP contribution in [0.2, 0.25) is 0 Å². The van der Waals surface area contributed by atoms with Gasteiger partial charge in [0, 0.05) is 30.8 Å². The highest BCUT2D eigenvalue weighted by Gasteiger charge is 2.36. The van der Waals surface area contributed by atoms with Crippen molar-refractivity contribution in [2.75, 3.05) is 18.2 Å². The number of nitrogens with one attached hydrogen (secondary N) is 2. The number of amides is 3. The lowest BCUT2D eigenvalue weighted by Gasteiger charge is -2.20. The number of carbonyl (C=O) groups excluding carboxylic acids is 3. The van der Waals surface area contributed by atoms with E-state index in [1.54, 1.807) is 30.0 Å². The molecule has 0 aromatic heterocycles. The molecule has 8 nitrogen and oxygen atoms in total. The topological polar surface area (TPSA) is 97.0 Å². The van der Waals surface area contributed by atoms with E-state index in [-0.39, 0.29) is 43.5 Å². The Bertz CT molecular complexity index is 790. The Morgan fingerprint density at radius 3 is 2.71 bits per heavy atom. The SMILES string of the molecule is C[C@@H](NC(=O)C1CC(=O)N(c2ccc3c(c2)OCO3)C1)C(=O)NC1CCCC1. The summed E-state index contributed by atoms with van der Waals surface area (Å²) in [6.07, 6.45) is 4.37. The van der Waals surface area contributed by atoms with Gasteiger partial charge in [0.1, 0.15) is 6.04 Å². The van der Waals surface area contributed by atoms with Crippen molar-refractivity contribution in [3.05, 3.63) is 18.2 Å². The summed E-state index contributed by atoms with van der Waals surface area (Å²) in [5.74, 6) is 0.187. The molecular weight excluding hydrogens is 362 g/mol. The van der Waals surface area contributed by atoms with E-state index in [1.807, 2.05) is 0 Å². The highest BCUT2D eigenvalue weighted by atomic mass is 16.7. The number of benzene rings is 1. The predicted octanol–water partition coefficient (Wildman–Crippen LogP) is 1.33. The lowest BCUT2D eigenvalue weighted by atomic mass is 10.1. The van der Waals surface area contributed by atoms with E-state index in [0.717, 1.165) is 25.7 Å². The van der Waals surface area contributed by atoms with Crippen LogP contribution in [-0.4, -0.2) is 43.1 Å². The van der Waals surface area contributed by atoms with E-state index >= 15 is 0 Å². The predicted molar refractivity (Wildman–Crippen MR) is 101 cm³/mol. The molecule has 1 unspecified atom stereocenters. The van der Waals surface area contributed by atoms with Gasteiger partial charge in [-0.15, -0.1) is 0 Å². The van der Waals surface area contributed by atoms with Crippen molar-refractivity contribution >= 4 is 23.4 Å². The lowest BCUT2D eigenvalue weighted by molar-refractivity contribution is -0.131. The lowest BCUT2D eigenvalue weighted by Crippen LogP contribution is -2.49. The summed E-state index contributed by atoms with van der Waals surface area (Å²) in [5.41, 5.74) is 0.677. The van der Waals surface area contributed by atoms with E-state index in [2.05, 4.69) is 10.6 Å². The summed E-state index contributed by atoms with van der Waals surface area (Å²) < 4.78 is 10.6. The first-order chi connectivity index (χ1) is 13.5. The molecule has 3 aliphatic rings. The Morgan fingerprint density at radius 1 is 1.18 bits per heavy atom. The molecule has 2 atom stereocenters. The zero-order chi connectivity index (χ0) is 19.7. The molecule has 1 saturated heterocycles. The maximum atomic E-state index is 12.6. The van der Waals surface area contributed by atoms with Crippen LogP contribution in [0.3, 0.4) is 0 Å². The van der Waals surface area contributed by atoms with Crippen molar-refractivity contribution < 1.29 is 23.9 Å². The average molecular weight is 387 g/mol. The fourth-order valence-electron chi connectivity index (χ4n) is 3.98. The van der Waals surface area contributed by atoms with Crippen LogP contribution >= 0.6 is 0 Å². The normalized spacial score (nSPS) is 22.4. The number of carbonyl (C=O) groups is 3. The smallest absolute Gasteiger partial charge is 0.242 e. The molecule has 1 aromatic carbocycles. The summed E-state index contributed by atoms with van der Waals surface area (Å²) in [7, 11) is 0. The summed E-state index contributed by atoms with van der Waals surface area (Å²) in [6, 6.07) is 4.87. The number of fused-ring (bicyclic) bond motifs is 1. The summed E-state index contributed by atoms with van der Waals surface area (Å²) in [6.45, 7) is 2.12. The van der Waals surface area contributed by atoms with Crippen molar-refractivity contribution in [1.82, 2.24) is 10.6 Å². The molecule has 150 valence electrons. The van der Waals surface area contributed by atoms with Gasteiger partial charge in [0.25, 0.3) is 0 Å². The van der Waals surface area contributed by atoms with Crippen molar-refractivity contribution in [2.24, 2.45) is 5.92 Å². The minimum atomic E-state index is -0.622. The molecular formula is C20H25N3O5. The minimum Gasteiger partial charge on any atom is -0.454 e. The van der Waals surface area contributed by atoms with Gasteiger partial charge in [0.2, 0.25) is 24.5 Å². The third-order valence-electron chi connectivity index (χ3n) is 5.62. The van der Waals surface area contributed by atoms with Crippen LogP contribution in [-0.2, 0) is 14.4 Å². The van der Waals surface area contributed by atoms with Crippen LogP contribution < -0.4 is 25.0 Å². The Kier molecular flexibility index (Phi) is 5.11. The zero-order valence-corrected chi connectivity index (χ0v) is 15.9. The minimum absolute atomic E-state index is 0.122. The molecule has 0 spiro atoms. The maximum absolute atomic E-state index is 12.6. The number of nitrogens with zero attached hydrogens (tertiary/aromatic N) is 1. The molecule has 28 heavy (non-hydrogen) atoms. The zero-order valence-electron chi connectivity index (χ0n) is 15.9. The van der Waals surface area contributed by atoms with Crippen LogP contribution in [0.4, 0.5) is 5.69 Å². The number of hydrogen-bond acceptors (Lipinski definition) is 5. The van der Waals surface area contributed by atoms with Crippen LogP contribution in [0.5, 0.6) is 11.5 Å². The second kappa shape index (κ2) is 7.69. The van der Waals surface area contributed by atoms with Gasteiger partial charge in [-0.3, -0.25) is 14.4 Å². The number of anilines is 1. The maximum Gasteiger partial charge on any atom is 0.242 e. The average Bonchev–Trinajstić information content (AvgIpc) is 3.41. The molecule has 2 fully saturated rings. The standard InChI is InChI=1S/C20H25N3O5/c1-12(19(25)22-14-4-2-3-5-14)21-20(26)13-8-18(24)23(10-13)15-6-7-16-17(9-15)28-11-27-16/h6-7,9,12-14H,2-5,8,10-11H2,1H3,(H,21,26)(H,22,25)/t12-,13?/m1/s1. The molecule has 0 radical (unpaired) electrons. The van der Waals surface area contributed by atoms with E-state index in [4.69, 9.17) is 9.47 Å². The van der Waals surface area contributed by atoms with Gasteiger partial charge in [0.15, 0.2) is 11.5 Å². The third kappa shape index (κ3) is 3.76. The first kappa shape index (κ1) is 18.6. The monoisotopic (exact) mass is 387 g/mol. The van der Waals surface area contributed by atoms with Crippen LogP contribution in [0.25, 0.3) is 0 Å². The fourth-order valence-corrected chi connectivity index (χ4v) is 3.98. The number of rotatable bonds is 5. The second-order valence-electron chi connectivity index (χ2n) is 7.66. The molecule has 1 aromatic rings. The Morgan fingerprint density at radius 2 is 1.93 bits per heavy atom. The van der Waals surface area contributed by atoms with Gasteiger partial charge in [-0.2, -0.15) is 0 Å². The molecule has 3 amide bonds. The molecule has 2 heterocycles. The van der Waals surface area contributed by atoms with Crippen LogP contribution in [0.15, 0.2) is 18.2 Å². The van der Waals surface area contributed by atoms with Crippen LogP contribution in [0, 0.1) is 5.92 Å². The van der Waals surface area contributed by atoms with Crippen molar-refractivity contribution in [3.63, 3.8) is 0 Å². The number of ether oxygens (including phenoxy) is 2. The van der Waals surface area contributed by atoms with Gasteiger partial charge < -0.3 is 25.0 Å². The van der Waals surface area contributed by atoms with Gasteiger partial charge in [-0.05, 0) is 31.9 Å². The quantitative estimate of drug-likeness (QED) is 0.795. The second-order valence-corrected chi connectivity index (χ2v) is 7.66. The first-order valence-corrected chi connectivity index (χ1v) is 9.82. The van der Waals surface area contributed by atoms with Gasteiger partial charge in [-0.25, -0.2) is 0 Å².